The van der Waals surface area contributed by atoms with Gasteiger partial charge >= 0.3 is 0 Å². The fourth-order valence-corrected chi connectivity index (χ4v) is 1.55. The van der Waals surface area contributed by atoms with E-state index in [9.17, 15) is 4.79 Å². The molecule has 1 rings (SSSR count). The largest absolute Gasteiger partial charge is 0.479 e. The van der Waals surface area contributed by atoms with Crippen LogP contribution in [0.2, 0.25) is 0 Å². The minimum absolute atomic E-state index is 0.628. The Morgan fingerprint density at radius 3 is 2.20 bits per heavy atom. The van der Waals surface area contributed by atoms with E-state index in [2.05, 4.69) is 15.9 Å². The molecule has 0 aliphatic heterocycles. The van der Waals surface area contributed by atoms with Crippen LogP contribution in [0.3, 0.4) is 0 Å². The Morgan fingerprint density at radius 1 is 1.27 bits per heavy atom. The van der Waals surface area contributed by atoms with Gasteiger partial charge in [0, 0.05) is 4.47 Å². The summed E-state index contributed by atoms with van der Waals surface area (Å²) in [5.74, 6) is 0.699. The molecule has 1 radical (unpaired) electrons. The van der Waals surface area contributed by atoms with E-state index in [1.54, 1.807) is 0 Å². The lowest BCUT2D eigenvalue weighted by Crippen LogP contribution is -2.36. The summed E-state index contributed by atoms with van der Waals surface area (Å²) < 4.78 is 6.65. The van der Waals surface area contributed by atoms with Crippen molar-refractivity contribution in [2.75, 3.05) is 0 Å². The van der Waals surface area contributed by atoms with Gasteiger partial charge in [-0.3, -0.25) is 4.79 Å². The van der Waals surface area contributed by atoms with Crippen molar-refractivity contribution in [2.45, 2.75) is 32.3 Å². The summed E-state index contributed by atoms with van der Waals surface area (Å²) >= 11 is 3.34. The lowest BCUT2D eigenvalue weighted by molar-refractivity contribution is 0.127. The van der Waals surface area contributed by atoms with E-state index in [0.717, 1.165) is 4.47 Å². The summed E-state index contributed by atoms with van der Waals surface area (Å²) in [6, 6.07) is 7.44. The Bertz CT molecular complexity index is 315. The van der Waals surface area contributed by atoms with Crippen LogP contribution in [0.25, 0.3) is 0 Å². The van der Waals surface area contributed by atoms with Crippen molar-refractivity contribution in [1.29, 1.82) is 0 Å². The molecule has 0 heterocycles. The predicted octanol–water partition coefficient (Wildman–Crippen LogP) is 3.50. The van der Waals surface area contributed by atoms with Gasteiger partial charge in [0.1, 0.15) is 5.75 Å². The number of halogens is 1. The smallest absolute Gasteiger partial charge is 0.246 e. The van der Waals surface area contributed by atoms with Crippen molar-refractivity contribution in [3.63, 3.8) is 0 Å². The topological polar surface area (TPSA) is 26.3 Å². The van der Waals surface area contributed by atoms with Gasteiger partial charge in [-0.2, -0.15) is 0 Å². The van der Waals surface area contributed by atoms with Crippen LogP contribution in [0.4, 0.5) is 0 Å². The Hall–Kier alpha value is -0.830. The molecule has 81 valence electrons. The van der Waals surface area contributed by atoms with Crippen LogP contribution in [0, 0.1) is 0 Å². The zero-order chi connectivity index (χ0) is 11.3. The van der Waals surface area contributed by atoms with E-state index in [0.29, 0.717) is 18.6 Å². The monoisotopic (exact) mass is 269 g/mol. The molecular formula is C12H14BrO2. The van der Waals surface area contributed by atoms with Crippen LogP contribution < -0.4 is 4.74 Å². The predicted molar refractivity (Wildman–Crippen MR) is 63.8 cm³/mol. The molecule has 0 amide bonds. The summed E-state index contributed by atoms with van der Waals surface area (Å²) in [5.41, 5.74) is -0.798. The van der Waals surface area contributed by atoms with E-state index in [1.807, 2.05) is 44.4 Å². The molecule has 0 bridgehead atoms. The van der Waals surface area contributed by atoms with Gasteiger partial charge in [-0.15, -0.1) is 0 Å². The number of hydrogen-bond donors (Lipinski definition) is 0. The first kappa shape index (κ1) is 12.2. The second-order valence-corrected chi connectivity index (χ2v) is 4.28. The van der Waals surface area contributed by atoms with Crippen molar-refractivity contribution in [1.82, 2.24) is 0 Å². The maximum atomic E-state index is 10.9. The van der Waals surface area contributed by atoms with Crippen LogP contribution >= 0.6 is 15.9 Å². The molecule has 3 heteroatoms. The van der Waals surface area contributed by atoms with Crippen LogP contribution in [-0.4, -0.2) is 11.9 Å². The quantitative estimate of drug-likeness (QED) is 0.818. The van der Waals surface area contributed by atoms with Gasteiger partial charge < -0.3 is 4.74 Å². The van der Waals surface area contributed by atoms with Gasteiger partial charge in [0.05, 0.1) is 0 Å². The fourth-order valence-electron chi connectivity index (χ4n) is 1.29. The van der Waals surface area contributed by atoms with Crippen LogP contribution in [0.15, 0.2) is 28.7 Å². The average molecular weight is 270 g/mol. The third-order valence-electron chi connectivity index (χ3n) is 2.46. The Kier molecular flexibility index (Phi) is 4.33. The lowest BCUT2D eigenvalue weighted by atomic mass is 9.99. The number of ether oxygens (including phenoxy) is 1. The standard InChI is InChI=1S/C12H14BrO2/c1-3-12(4-2,9-14)15-11-7-5-10(13)6-8-11/h5-8H,3-4H2,1-2H3. The first-order valence-corrected chi connectivity index (χ1v) is 5.79. The molecule has 2 nitrogen and oxygen atoms in total. The van der Waals surface area contributed by atoms with Gasteiger partial charge in [-0.05, 0) is 37.1 Å². The maximum absolute atomic E-state index is 10.9. The summed E-state index contributed by atoms with van der Waals surface area (Å²) in [7, 11) is 0. The molecule has 1 aromatic rings. The molecule has 15 heavy (non-hydrogen) atoms. The van der Waals surface area contributed by atoms with E-state index >= 15 is 0 Å². The number of carbonyl (C=O) groups excluding carboxylic acids is 1. The Labute approximate surface area is 98.8 Å². The van der Waals surface area contributed by atoms with Crippen LogP contribution in [-0.2, 0) is 4.79 Å². The Morgan fingerprint density at radius 2 is 1.80 bits per heavy atom. The second-order valence-electron chi connectivity index (χ2n) is 3.36. The van der Waals surface area contributed by atoms with E-state index in [-0.39, 0.29) is 0 Å². The zero-order valence-electron chi connectivity index (χ0n) is 8.92. The fraction of sp³-hybridized carbons (Fsp3) is 0.417. The van der Waals surface area contributed by atoms with E-state index in [1.165, 1.54) is 0 Å². The zero-order valence-corrected chi connectivity index (χ0v) is 10.5. The summed E-state index contributed by atoms with van der Waals surface area (Å²) in [6.45, 7) is 3.85. The minimum atomic E-state index is -0.798. The SMILES string of the molecule is CCC([C]=O)(CC)Oc1ccc(Br)cc1. The maximum Gasteiger partial charge on any atom is 0.246 e. The third kappa shape index (κ3) is 3.06. The number of benzene rings is 1. The molecule has 0 aliphatic rings. The second kappa shape index (κ2) is 5.31. The number of hydrogen-bond acceptors (Lipinski definition) is 2. The molecule has 0 N–H and O–H groups in total. The minimum Gasteiger partial charge on any atom is -0.479 e. The highest BCUT2D eigenvalue weighted by atomic mass is 79.9. The molecule has 0 aliphatic carbocycles. The normalized spacial score (nSPS) is 11.1. The molecule has 1 aromatic carbocycles. The molecule has 0 unspecified atom stereocenters. The molecule has 0 atom stereocenters. The lowest BCUT2D eigenvalue weighted by Gasteiger charge is -2.25. The van der Waals surface area contributed by atoms with Gasteiger partial charge in [0.15, 0.2) is 5.60 Å². The van der Waals surface area contributed by atoms with Gasteiger partial charge in [-0.25, -0.2) is 0 Å². The number of rotatable bonds is 5. The van der Waals surface area contributed by atoms with Crippen LogP contribution in [0.5, 0.6) is 5.75 Å². The molecule has 0 fully saturated rings. The van der Waals surface area contributed by atoms with Gasteiger partial charge in [0.25, 0.3) is 0 Å². The average Bonchev–Trinajstić information content (AvgIpc) is 2.29. The first-order chi connectivity index (χ1) is 7.15. The van der Waals surface area contributed by atoms with Crippen LogP contribution in [0.1, 0.15) is 26.7 Å². The molecule has 0 spiro atoms. The highest BCUT2D eigenvalue weighted by molar-refractivity contribution is 9.10. The highest BCUT2D eigenvalue weighted by Gasteiger charge is 2.28. The van der Waals surface area contributed by atoms with Crippen molar-refractivity contribution < 1.29 is 9.53 Å². The molecule has 0 saturated heterocycles. The van der Waals surface area contributed by atoms with Crippen molar-refractivity contribution in [3.8, 4) is 5.75 Å². The Balaban J connectivity index is 2.83. The first-order valence-electron chi connectivity index (χ1n) is 4.99. The van der Waals surface area contributed by atoms with Crippen molar-refractivity contribution in [3.05, 3.63) is 28.7 Å². The summed E-state index contributed by atoms with van der Waals surface area (Å²) in [5, 5.41) is 0. The van der Waals surface area contributed by atoms with E-state index < -0.39 is 5.60 Å². The highest BCUT2D eigenvalue weighted by Crippen LogP contribution is 2.24. The van der Waals surface area contributed by atoms with E-state index in [4.69, 9.17) is 4.74 Å². The third-order valence-corrected chi connectivity index (χ3v) is 2.98. The summed E-state index contributed by atoms with van der Waals surface area (Å²) in [4.78, 5) is 10.9. The van der Waals surface area contributed by atoms with Gasteiger partial charge in [-0.1, -0.05) is 29.8 Å². The molecular weight excluding hydrogens is 256 g/mol. The molecule has 0 saturated carbocycles. The summed E-state index contributed by atoms with van der Waals surface area (Å²) in [6.07, 6.45) is 3.25. The molecule has 0 aromatic heterocycles. The van der Waals surface area contributed by atoms with Crippen molar-refractivity contribution >= 4 is 22.2 Å². The van der Waals surface area contributed by atoms with Crippen molar-refractivity contribution in [2.24, 2.45) is 0 Å². The van der Waals surface area contributed by atoms with Gasteiger partial charge in [0.2, 0.25) is 6.29 Å².